The van der Waals surface area contributed by atoms with Gasteiger partial charge in [0, 0.05) is 5.69 Å². The Morgan fingerprint density at radius 2 is 1.45 bits per heavy atom. The Bertz CT molecular complexity index is 1440. The average molecular weight is 651 g/mol. The molecule has 0 spiro atoms. The van der Waals surface area contributed by atoms with E-state index in [2.05, 4.69) is 16.0 Å². The normalized spacial score (nSPS) is 12.8. The van der Waals surface area contributed by atoms with Crippen LogP contribution in [-0.2, 0) is 39.5 Å². The summed E-state index contributed by atoms with van der Waals surface area (Å²) in [6, 6.07) is 6.98. The van der Waals surface area contributed by atoms with Crippen LogP contribution >= 0.6 is 23.2 Å². The van der Waals surface area contributed by atoms with Gasteiger partial charge in [-0.05, 0) is 47.1 Å². The van der Waals surface area contributed by atoms with Crippen LogP contribution in [0.2, 0.25) is 10.0 Å². The van der Waals surface area contributed by atoms with E-state index in [4.69, 9.17) is 27.9 Å². The van der Waals surface area contributed by atoms with Crippen LogP contribution in [0.25, 0.3) is 0 Å². The monoisotopic (exact) mass is 649 g/mol. The molecule has 2 aromatic carbocycles. The lowest BCUT2D eigenvalue weighted by atomic mass is 9.81. The van der Waals surface area contributed by atoms with Gasteiger partial charge in [0.25, 0.3) is 0 Å². The van der Waals surface area contributed by atoms with Crippen LogP contribution in [0, 0.1) is 0 Å². The SMILES string of the molecule is C[C@H](NC(=O)C(=O)Nc1cc(C(C)(C)C)ccc1C(C)(C)C)C(=O)N[C@@H](CC(=O)O)C(=O)COC(=O)c1c(Cl)cccc1Cl. The van der Waals surface area contributed by atoms with Gasteiger partial charge in [0.1, 0.15) is 12.1 Å². The number of nitrogens with one attached hydrogen (secondary N) is 3. The van der Waals surface area contributed by atoms with Crippen molar-refractivity contribution in [2.75, 3.05) is 11.9 Å². The minimum Gasteiger partial charge on any atom is -0.481 e. The standard InChI is InChI=1S/C31H37Cl2N3O8/c1-16(34-27(41)28(42)35-21-13-17(30(2,3)4)11-12-18(21)31(5,6)7)26(40)36-22(14-24(38)39)23(37)15-44-29(43)25-19(32)9-8-10-20(25)33/h8-13,16,22H,14-15H2,1-7H3,(H,34,41)(H,35,42)(H,36,40)(H,38,39)/t16-,22-/m0/s1. The van der Waals surface area contributed by atoms with Gasteiger partial charge in [-0.2, -0.15) is 0 Å². The van der Waals surface area contributed by atoms with Crippen molar-refractivity contribution in [2.24, 2.45) is 0 Å². The van der Waals surface area contributed by atoms with Crippen LogP contribution in [0.1, 0.15) is 76.4 Å². The number of halogens is 2. The van der Waals surface area contributed by atoms with E-state index in [0.29, 0.717) is 5.69 Å². The first-order chi connectivity index (χ1) is 20.2. The maximum atomic E-state index is 12.8. The number of rotatable bonds is 10. The molecule has 3 amide bonds. The average Bonchev–Trinajstić information content (AvgIpc) is 2.89. The maximum absolute atomic E-state index is 12.8. The molecular formula is C31H37Cl2N3O8. The van der Waals surface area contributed by atoms with Gasteiger partial charge in [-0.25, -0.2) is 4.79 Å². The van der Waals surface area contributed by atoms with Crippen molar-refractivity contribution in [3.63, 3.8) is 0 Å². The Hall–Kier alpha value is -3.96. The molecular weight excluding hydrogens is 613 g/mol. The molecule has 0 aromatic heterocycles. The highest BCUT2D eigenvalue weighted by Gasteiger charge is 2.30. The lowest BCUT2D eigenvalue weighted by Gasteiger charge is -2.27. The Balaban J connectivity index is 2.09. The summed E-state index contributed by atoms with van der Waals surface area (Å²) in [5.41, 5.74) is 1.41. The van der Waals surface area contributed by atoms with Crippen LogP contribution in [-0.4, -0.2) is 59.2 Å². The Labute approximate surface area is 266 Å². The predicted molar refractivity (Wildman–Crippen MR) is 166 cm³/mol. The number of benzene rings is 2. The summed E-state index contributed by atoms with van der Waals surface area (Å²) in [5.74, 6) is -6.49. The van der Waals surface area contributed by atoms with E-state index in [1.165, 1.54) is 25.1 Å². The summed E-state index contributed by atoms with van der Waals surface area (Å²) in [6.45, 7) is 12.3. The van der Waals surface area contributed by atoms with Gasteiger partial charge in [0.05, 0.1) is 22.0 Å². The number of aliphatic carboxylic acids is 1. The number of ketones is 1. The number of carbonyl (C=O) groups excluding carboxylic acids is 5. The number of Topliss-reactive ketones (excluding diaryl/α,β-unsaturated/α-hetero) is 1. The molecule has 44 heavy (non-hydrogen) atoms. The van der Waals surface area contributed by atoms with Crippen molar-refractivity contribution in [1.82, 2.24) is 10.6 Å². The first kappa shape index (κ1) is 36.2. The largest absolute Gasteiger partial charge is 0.481 e. The van der Waals surface area contributed by atoms with Gasteiger partial charge in [-0.15, -0.1) is 0 Å². The number of carbonyl (C=O) groups is 6. The van der Waals surface area contributed by atoms with Gasteiger partial charge in [0.2, 0.25) is 5.91 Å². The minimum atomic E-state index is -1.61. The minimum absolute atomic E-state index is 0.0181. The van der Waals surface area contributed by atoms with Crippen LogP contribution < -0.4 is 16.0 Å². The molecule has 0 aliphatic heterocycles. The smallest absolute Gasteiger partial charge is 0.341 e. The molecule has 0 bridgehead atoms. The van der Waals surface area contributed by atoms with Crippen LogP contribution in [0.3, 0.4) is 0 Å². The van der Waals surface area contributed by atoms with Gasteiger partial charge in [0.15, 0.2) is 12.4 Å². The van der Waals surface area contributed by atoms with E-state index in [-0.39, 0.29) is 26.4 Å². The molecule has 0 heterocycles. The molecule has 0 aliphatic carbocycles. The number of amides is 3. The fourth-order valence-corrected chi connectivity index (χ4v) is 4.55. The van der Waals surface area contributed by atoms with E-state index in [0.717, 1.165) is 11.1 Å². The number of anilines is 1. The van der Waals surface area contributed by atoms with Crippen molar-refractivity contribution in [1.29, 1.82) is 0 Å². The zero-order valence-corrected chi connectivity index (χ0v) is 27.1. The highest BCUT2D eigenvalue weighted by molar-refractivity contribution is 6.40. The predicted octanol–water partition coefficient (Wildman–Crippen LogP) is 4.42. The molecule has 0 saturated heterocycles. The van der Waals surface area contributed by atoms with E-state index < -0.39 is 60.6 Å². The number of hydrogen-bond acceptors (Lipinski definition) is 7. The molecule has 4 N–H and O–H groups in total. The molecule has 2 aromatic rings. The summed E-state index contributed by atoms with van der Waals surface area (Å²) in [4.78, 5) is 74.9. The Morgan fingerprint density at radius 1 is 0.864 bits per heavy atom. The molecule has 238 valence electrons. The molecule has 0 unspecified atom stereocenters. The molecule has 0 saturated carbocycles. The van der Waals surface area contributed by atoms with Gasteiger partial charge in [-0.1, -0.05) is 82.9 Å². The molecule has 13 heteroatoms. The Kier molecular flexibility index (Phi) is 12.1. The van der Waals surface area contributed by atoms with E-state index in [1.807, 2.05) is 53.7 Å². The van der Waals surface area contributed by atoms with E-state index in [1.54, 1.807) is 6.07 Å². The van der Waals surface area contributed by atoms with Gasteiger partial charge in [-0.3, -0.25) is 24.0 Å². The van der Waals surface area contributed by atoms with Crippen molar-refractivity contribution in [3.05, 3.63) is 63.1 Å². The summed E-state index contributed by atoms with van der Waals surface area (Å²) in [5, 5.41) is 16.3. The summed E-state index contributed by atoms with van der Waals surface area (Å²) >= 11 is 11.9. The molecule has 0 radical (unpaired) electrons. The van der Waals surface area contributed by atoms with Crippen molar-refractivity contribution < 1.29 is 38.6 Å². The first-order valence-electron chi connectivity index (χ1n) is 13.6. The Morgan fingerprint density at radius 3 is 1.98 bits per heavy atom. The van der Waals surface area contributed by atoms with Crippen molar-refractivity contribution >= 4 is 64.3 Å². The van der Waals surface area contributed by atoms with Crippen LogP contribution in [0.5, 0.6) is 0 Å². The second-order valence-corrected chi connectivity index (χ2v) is 13.0. The zero-order chi connectivity index (χ0) is 33.6. The number of esters is 1. The van der Waals surface area contributed by atoms with Crippen LogP contribution in [0.15, 0.2) is 36.4 Å². The highest BCUT2D eigenvalue weighted by atomic mass is 35.5. The lowest BCUT2D eigenvalue weighted by molar-refractivity contribution is -0.141. The number of carboxylic acid groups (broad SMARTS) is 1. The quantitative estimate of drug-likeness (QED) is 0.217. The highest BCUT2D eigenvalue weighted by Crippen LogP contribution is 2.34. The fourth-order valence-electron chi connectivity index (χ4n) is 3.99. The van der Waals surface area contributed by atoms with Crippen LogP contribution in [0.4, 0.5) is 5.69 Å². The topological polar surface area (TPSA) is 168 Å². The maximum Gasteiger partial charge on any atom is 0.341 e. The molecule has 11 nitrogen and oxygen atoms in total. The third-order valence-electron chi connectivity index (χ3n) is 6.49. The first-order valence-corrected chi connectivity index (χ1v) is 14.4. The fraction of sp³-hybridized carbons (Fsp3) is 0.419. The molecule has 2 atom stereocenters. The van der Waals surface area contributed by atoms with Gasteiger partial charge < -0.3 is 25.8 Å². The van der Waals surface area contributed by atoms with E-state index >= 15 is 0 Å². The third-order valence-corrected chi connectivity index (χ3v) is 7.12. The molecule has 2 rings (SSSR count). The van der Waals surface area contributed by atoms with Crippen molar-refractivity contribution in [2.45, 2.75) is 77.8 Å². The van der Waals surface area contributed by atoms with Crippen molar-refractivity contribution in [3.8, 4) is 0 Å². The second-order valence-electron chi connectivity index (χ2n) is 12.2. The number of ether oxygens (including phenoxy) is 1. The lowest BCUT2D eigenvalue weighted by Crippen LogP contribution is -2.53. The number of hydrogen-bond donors (Lipinski definition) is 4. The molecule has 0 fully saturated rings. The van der Waals surface area contributed by atoms with Gasteiger partial charge >= 0.3 is 23.8 Å². The summed E-state index contributed by atoms with van der Waals surface area (Å²) in [7, 11) is 0. The zero-order valence-electron chi connectivity index (χ0n) is 25.6. The second kappa shape index (κ2) is 14.7. The summed E-state index contributed by atoms with van der Waals surface area (Å²) in [6.07, 6.45) is -0.837. The summed E-state index contributed by atoms with van der Waals surface area (Å²) < 4.78 is 4.95. The molecule has 0 aliphatic rings. The van der Waals surface area contributed by atoms with E-state index in [9.17, 15) is 33.9 Å². The third kappa shape index (κ3) is 10.1. The number of carboxylic acids is 1.